The minimum atomic E-state index is -0.0764. The predicted molar refractivity (Wildman–Crippen MR) is 89.3 cm³/mol. The summed E-state index contributed by atoms with van der Waals surface area (Å²) in [5, 5.41) is 52.0. The minimum Gasteiger partial charge on any atom is -0.508 e. The summed E-state index contributed by atoms with van der Waals surface area (Å²) in [6.07, 6.45) is 0. The molecule has 3 aromatic rings. The highest BCUT2D eigenvalue weighted by Crippen LogP contribution is 2.22. The lowest BCUT2D eigenvalue weighted by molar-refractivity contribution is 0.404. The second-order valence-electron chi connectivity index (χ2n) is 4.49. The zero-order valence-electron chi connectivity index (χ0n) is 12.6. The molecule has 24 heavy (non-hydrogen) atoms. The van der Waals surface area contributed by atoms with E-state index in [-0.39, 0.29) is 34.5 Å². The molecule has 0 unspecified atom stereocenters. The van der Waals surface area contributed by atoms with Crippen LogP contribution in [0.15, 0.2) is 72.8 Å². The monoisotopic (exact) mass is 330 g/mol. The van der Waals surface area contributed by atoms with Crippen molar-refractivity contribution >= 4 is 0 Å². The van der Waals surface area contributed by atoms with Gasteiger partial charge in [-0.25, -0.2) is 0 Å². The summed E-state index contributed by atoms with van der Waals surface area (Å²) in [5.74, 6) is 0.0330. The van der Waals surface area contributed by atoms with Crippen LogP contribution in [0.3, 0.4) is 0 Å². The van der Waals surface area contributed by atoms with Gasteiger partial charge in [0.05, 0.1) is 0 Å². The van der Waals surface area contributed by atoms with Crippen molar-refractivity contribution in [1.82, 2.24) is 0 Å². The van der Waals surface area contributed by atoms with Crippen molar-refractivity contribution in [2.24, 2.45) is 0 Å². The fourth-order valence-corrected chi connectivity index (χ4v) is 1.38. The van der Waals surface area contributed by atoms with E-state index in [1.54, 1.807) is 24.3 Å². The summed E-state index contributed by atoms with van der Waals surface area (Å²) in [5.41, 5.74) is 0. The maximum Gasteiger partial charge on any atom is 0.157 e. The second-order valence-corrected chi connectivity index (χ2v) is 4.49. The molecule has 6 N–H and O–H groups in total. The third-order valence-corrected chi connectivity index (χ3v) is 2.61. The quantitative estimate of drug-likeness (QED) is 0.278. The smallest absolute Gasteiger partial charge is 0.157 e. The Labute approximate surface area is 138 Å². The highest BCUT2D eigenvalue weighted by atomic mass is 16.3. The number of phenolic OH excluding ortho intramolecular Hbond substituents is 6. The molecule has 6 heteroatoms. The van der Waals surface area contributed by atoms with E-state index < -0.39 is 0 Å². The molecule has 0 atom stereocenters. The van der Waals surface area contributed by atoms with Gasteiger partial charge in [0.15, 0.2) is 23.0 Å². The third-order valence-electron chi connectivity index (χ3n) is 2.61. The van der Waals surface area contributed by atoms with Crippen LogP contribution in [0.1, 0.15) is 0 Å². The Balaban J connectivity index is 0.000000180. The third kappa shape index (κ3) is 6.95. The lowest BCUT2D eigenvalue weighted by Gasteiger charge is -1.91. The molecule has 0 saturated carbocycles. The molecule has 0 heterocycles. The zero-order chi connectivity index (χ0) is 17.9. The second kappa shape index (κ2) is 9.47. The van der Waals surface area contributed by atoms with Gasteiger partial charge in [-0.3, -0.25) is 0 Å². The highest BCUT2D eigenvalue weighted by Gasteiger charge is 1.91. The van der Waals surface area contributed by atoms with Crippen LogP contribution in [0.2, 0.25) is 0 Å². The van der Waals surface area contributed by atoms with Gasteiger partial charge >= 0.3 is 0 Å². The molecule has 3 rings (SSSR count). The Morgan fingerprint density at radius 3 is 0.708 bits per heavy atom. The van der Waals surface area contributed by atoms with Crippen LogP contribution in [-0.2, 0) is 0 Å². The molecule has 0 aliphatic heterocycles. The summed E-state index contributed by atoms with van der Waals surface area (Å²) < 4.78 is 0. The van der Waals surface area contributed by atoms with Gasteiger partial charge in [-0.2, -0.15) is 0 Å². The van der Waals surface area contributed by atoms with Gasteiger partial charge in [-0.1, -0.05) is 24.3 Å². The van der Waals surface area contributed by atoms with E-state index in [2.05, 4.69) is 0 Å². The molecule has 0 radical (unpaired) electrons. The lowest BCUT2D eigenvalue weighted by atomic mass is 10.3. The molecular formula is C18H18O6. The Hall–Kier alpha value is -3.54. The first-order valence-electron chi connectivity index (χ1n) is 6.82. The van der Waals surface area contributed by atoms with Gasteiger partial charge in [-0.15, -0.1) is 0 Å². The van der Waals surface area contributed by atoms with E-state index in [1.807, 2.05) is 0 Å². The van der Waals surface area contributed by atoms with Crippen molar-refractivity contribution in [2.45, 2.75) is 0 Å². The Morgan fingerprint density at radius 2 is 0.542 bits per heavy atom. The number of hydrogen-bond acceptors (Lipinski definition) is 6. The minimum absolute atomic E-state index is 0.0764. The van der Waals surface area contributed by atoms with Gasteiger partial charge < -0.3 is 30.6 Å². The standard InChI is InChI=1S/3C6H6O2/c7-5-1-2-6(8)4-3-5;2*7-5-3-1-2-4-6(5)8/h3*1-4,7-8H. The van der Waals surface area contributed by atoms with Crippen LogP contribution in [-0.4, -0.2) is 30.6 Å². The largest absolute Gasteiger partial charge is 0.508 e. The summed E-state index contributed by atoms with van der Waals surface area (Å²) in [6.45, 7) is 0. The molecule has 126 valence electrons. The van der Waals surface area contributed by atoms with E-state index >= 15 is 0 Å². The van der Waals surface area contributed by atoms with Crippen LogP contribution in [0.4, 0.5) is 0 Å². The van der Waals surface area contributed by atoms with Crippen molar-refractivity contribution < 1.29 is 30.6 Å². The Bertz CT molecular complexity index is 634. The fourth-order valence-electron chi connectivity index (χ4n) is 1.38. The van der Waals surface area contributed by atoms with E-state index in [0.29, 0.717) is 0 Å². The Morgan fingerprint density at radius 1 is 0.333 bits per heavy atom. The zero-order valence-corrected chi connectivity index (χ0v) is 12.6. The van der Waals surface area contributed by atoms with Gasteiger partial charge in [0.1, 0.15) is 11.5 Å². The number of hydrogen-bond donors (Lipinski definition) is 6. The molecule has 0 aromatic heterocycles. The molecule has 0 amide bonds. The molecule has 0 aliphatic carbocycles. The van der Waals surface area contributed by atoms with Crippen LogP contribution < -0.4 is 0 Å². The van der Waals surface area contributed by atoms with Gasteiger partial charge in [0.25, 0.3) is 0 Å². The summed E-state index contributed by atoms with van der Waals surface area (Å²) in [6, 6.07) is 18.0. The van der Waals surface area contributed by atoms with Crippen LogP contribution in [0, 0.1) is 0 Å². The van der Waals surface area contributed by atoms with Gasteiger partial charge in [0.2, 0.25) is 0 Å². The predicted octanol–water partition coefficient (Wildman–Crippen LogP) is 3.29. The number of phenols is 6. The molecular weight excluding hydrogens is 312 g/mol. The average molecular weight is 330 g/mol. The van der Waals surface area contributed by atoms with Crippen molar-refractivity contribution in [1.29, 1.82) is 0 Å². The highest BCUT2D eigenvalue weighted by molar-refractivity contribution is 5.36. The molecule has 0 fully saturated rings. The van der Waals surface area contributed by atoms with E-state index in [9.17, 15) is 0 Å². The number of rotatable bonds is 0. The van der Waals surface area contributed by atoms with Gasteiger partial charge in [0, 0.05) is 0 Å². The average Bonchev–Trinajstić information content (AvgIpc) is 2.57. The normalized spacial score (nSPS) is 9.00. The van der Waals surface area contributed by atoms with Crippen molar-refractivity contribution in [3.8, 4) is 34.5 Å². The van der Waals surface area contributed by atoms with Crippen LogP contribution >= 0.6 is 0 Å². The first kappa shape index (κ1) is 18.5. The van der Waals surface area contributed by atoms with E-state index in [1.165, 1.54) is 48.5 Å². The van der Waals surface area contributed by atoms with Gasteiger partial charge in [-0.05, 0) is 48.5 Å². The molecule has 0 bridgehead atoms. The molecule has 0 saturated heterocycles. The number of aromatic hydroxyl groups is 6. The molecule has 6 nitrogen and oxygen atoms in total. The van der Waals surface area contributed by atoms with E-state index in [4.69, 9.17) is 30.6 Å². The summed E-state index contributed by atoms with van der Waals surface area (Å²) >= 11 is 0. The maximum absolute atomic E-state index is 8.67. The molecule has 0 spiro atoms. The maximum atomic E-state index is 8.67. The first-order valence-corrected chi connectivity index (χ1v) is 6.82. The SMILES string of the molecule is Oc1ccc(O)cc1.Oc1ccccc1O.Oc1ccccc1O. The number of para-hydroxylation sites is 4. The van der Waals surface area contributed by atoms with Crippen molar-refractivity contribution in [3.63, 3.8) is 0 Å². The Kier molecular flexibility index (Phi) is 7.30. The molecule has 0 aliphatic rings. The van der Waals surface area contributed by atoms with Crippen molar-refractivity contribution in [2.75, 3.05) is 0 Å². The molecule has 3 aromatic carbocycles. The van der Waals surface area contributed by atoms with Crippen molar-refractivity contribution in [3.05, 3.63) is 72.8 Å². The lowest BCUT2D eigenvalue weighted by Crippen LogP contribution is -1.63. The summed E-state index contributed by atoms with van der Waals surface area (Å²) in [7, 11) is 0. The van der Waals surface area contributed by atoms with Crippen LogP contribution in [0.5, 0.6) is 34.5 Å². The van der Waals surface area contributed by atoms with Crippen LogP contribution in [0.25, 0.3) is 0 Å². The van der Waals surface area contributed by atoms with E-state index in [0.717, 1.165) is 0 Å². The first-order chi connectivity index (χ1) is 11.4. The summed E-state index contributed by atoms with van der Waals surface area (Å²) in [4.78, 5) is 0. The topological polar surface area (TPSA) is 121 Å². The fraction of sp³-hybridized carbons (Fsp3) is 0. The number of benzene rings is 3.